The van der Waals surface area contributed by atoms with Gasteiger partial charge >= 0.3 is 15.6 Å². The van der Waals surface area contributed by atoms with Crippen molar-refractivity contribution in [2.75, 3.05) is 39.6 Å². The summed E-state index contributed by atoms with van der Waals surface area (Å²) in [5.74, 6) is 2.03. The molecule has 10 nitrogen and oxygen atoms in total. The van der Waals surface area contributed by atoms with E-state index < -0.39 is 15.6 Å². The summed E-state index contributed by atoms with van der Waals surface area (Å²) < 4.78 is 50.5. The molecule has 0 aromatic heterocycles. The third-order valence-corrected chi connectivity index (χ3v) is 8.49. The van der Waals surface area contributed by atoms with E-state index in [0.29, 0.717) is 0 Å². The van der Waals surface area contributed by atoms with Crippen LogP contribution in [0.2, 0.25) is 0 Å². The first-order chi connectivity index (χ1) is 20.9. The molecule has 0 atom stereocenters. The van der Waals surface area contributed by atoms with E-state index in [9.17, 15) is 9.13 Å². The lowest BCUT2D eigenvalue weighted by Crippen LogP contribution is -2.02. The van der Waals surface area contributed by atoms with Gasteiger partial charge in [-0.15, -0.1) is 0 Å². The zero-order chi connectivity index (χ0) is 33.7. The highest BCUT2D eigenvalue weighted by Gasteiger charge is 2.18. The standard InChI is InChI=1S/C24H42O2.2C4H11O4P/c1-5-7-9-11-13-15-17-25-23-19-22(4)24(20-21(23)3)26-18-16-14-12-10-8-6-2;2*1-3-7-9(5,6)8-4-2/h19-20H,5-18H2,1-4H3;2*3-4H2,1-2H3,(H,5,6). The molecule has 262 valence electrons. The maximum absolute atomic E-state index is 10.5. The van der Waals surface area contributed by atoms with E-state index in [-0.39, 0.29) is 26.4 Å². The molecule has 1 aromatic carbocycles. The van der Waals surface area contributed by atoms with Crippen LogP contribution in [0.3, 0.4) is 0 Å². The lowest BCUT2D eigenvalue weighted by atomic mass is 10.1. The van der Waals surface area contributed by atoms with Crippen molar-refractivity contribution in [2.45, 2.75) is 132 Å². The molecule has 0 radical (unpaired) electrons. The number of phosphoric acid groups is 2. The Morgan fingerprint density at radius 1 is 0.500 bits per heavy atom. The number of hydrogen-bond donors (Lipinski definition) is 2. The van der Waals surface area contributed by atoms with Crippen molar-refractivity contribution < 1.29 is 46.5 Å². The van der Waals surface area contributed by atoms with E-state index in [4.69, 9.17) is 19.3 Å². The number of hydrogen-bond acceptors (Lipinski definition) is 8. The Kier molecular flexibility index (Phi) is 30.2. The van der Waals surface area contributed by atoms with Gasteiger partial charge in [0.25, 0.3) is 0 Å². The third-order valence-electron chi connectivity index (χ3n) is 6.15. The molecule has 1 rings (SSSR count). The summed E-state index contributed by atoms with van der Waals surface area (Å²) >= 11 is 0. The van der Waals surface area contributed by atoms with Gasteiger partial charge in [0.05, 0.1) is 39.6 Å². The van der Waals surface area contributed by atoms with Crippen molar-refractivity contribution in [2.24, 2.45) is 0 Å². The van der Waals surface area contributed by atoms with E-state index >= 15 is 0 Å². The summed E-state index contributed by atoms with van der Waals surface area (Å²) in [7, 11) is -7.39. The zero-order valence-corrected chi connectivity index (χ0v) is 30.7. The molecular weight excluding hydrogens is 606 g/mol. The number of phosphoric ester groups is 2. The smallest absolute Gasteiger partial charge is 0.472 e. The largest absolute Gasteiger partial charge is 0.493 e. The molecule has 0 saturated carbocycles. The molecule has 0 unspecified atom stereocenters. The topological polar surface area (TPSA) is 130 Å². The van der Waals surface area contributed by atoms with Crippen LogP contribution in [-0.4, -0.2) is 49.4 Å². The second-order valence-electron chi connectivity index (χ2n) is 10.2. The fraction of sp³-hybridized carbons (Fsp3) is 0.812. The summed E-state index contributed by atoms with van der Waals surface area (Å²) in [6, 6.07) is 4.28. The number of rotatable bonds is 24. The molecule has 0 bridgehead atoms. The fourth-order valence-corrected chi connectivity index (χ4v) is 5.38. The minimum atomic E-state index is -3.69. The van der Waals surface area contributed by atoms with Crippen LogP contribution in [0.4, 0.5) is 0 Å². The SMILES string of the molecule is CCCCCCCCOc1cc(C)c(OCCCCCCCC)cc1C.CCOP(=O)(O)OCC.CCOP(=O)(O)OCC. The molecule has 0 fully saturated rings. The minimum absolute atomic E-state index is 0.188. The van der Waals surface area contributed by atoms with Crippen molar-refractivity contribution >= 4 is 15.6 Å². The summed E-state index contributed by atoms with van der Waals surface area (Å²) in [5.41, 5.74) is 2.36. The Labute approximate surface area is 268 Å². The summed E-state index contributed by atoms with van der Waals surface area (Å²) in [5, 5.41) is 0. The average Bonchev–Trinajstić information content (AvgIpc) is 2.94. The van der Waals surface area contributed by atoms with Gasteiger partial charge in [0, 0.05) is 0 Å². The Hall–Kier alpha value is -0.960. The van der Waals surface area contributed by atoms with Gasteiger partial charge in [-0.3, -0.25) is 18.1 Å². The van der Waals surface area contributed by atoms with Gasteiger partial charge in [0.2, 0.25) is 0 Å². The molecule has 0 aliphatic rings. The monoisotopic (exact) mass is 670 g/mol. The maximum Gasteiger partial charge on any atom is 0.472 e. The highest BCUT2D eigenvalue weighted by atomic mass is 31.2. The maximum atomic E-state index is 10.5. The molecule has 2 N–H and O–H groups in total. The highest BCUT2D eigenvalue weighted by molar-refractivity contribution is 7.47. The average molecular weight is 671 g/mol. The first kappa shape index (κ1) is 45.2. The number of ether oxygens (including phenoxy) is 2. The van der Waals surface area contributed by atoms with E-state index in [1.54, 1.807) is 27.7 Å². The molecule has 0 aliphatic heterocycles. The van der Waals surface area contributed by atoms with Gasteiger partial charge in [0.15, 0.2) is 0 Å². The van der Waals surface area contributed by atoms with Gasteiger partial charge in [-0.1, -0.05) is 78.1 Å². The molecule has 12 heteroatoms. The van der Waals surface area contributed by atoms with E-state index in [2.05, 4.69) is 57.9 Å². The van der Waals surface area contributed by atoms with Gasteiger partial charge in [-0.05, 0) is 77.6 Å². The molecule has 0 aliphatic carbocycles. The molecule has 0 saturated heterocycles. The third kappa shape index (κ3) is 27.4. The Morgan fingerprint density at radius 2 is 0.773 bits per heavy atom. The molecule has 0 amide bonds. The predicted octanol–water partition coefficient (Wildman–Crippen LogP) is 10.1. The quantitative estimate of drug-likeness (QED) is 0.0809. The van der Waals surface area contributed by atoms with E-state index in [1.807, 2.05) is 0 Å². The molecule has 0 spiro atoms. The highest BCUT2D eigenvalue weighted by Crippen LogP contribution is 2.43. The van der Waals surface area contributed by atoms with Crippen molar-refractivity contribution in [3.8, 4) is 11.5 Å². The van der Waals surface area contributed by atoms with Crippen molar-refractivity contribution in [1.29, 1.82) is 0 Å². The van der Waals surface area contributed by atoms with Crippen molar-refractivity contribution in [3.05, 3.63) is 23.3 Å². The van der Waals surface area contributed by atoms with Crippen LogP contribution in [0.5, 0.6) is 11.5 Å². The number of unbranched alkanes of at least 4 members (excludes halogenated alkanes) is 10. The van der Waals surface area contributed by atoms with Crippen LogP contribution in [0.1, 0.15) is 130 Å². The van der Waals surface area contributed by atoms with Gasteiger partial charge in [-0.2, -0.15) is 0 Å². The summed E-state index contributed by atoms with van der Waals surface area (Å²) in [6.45, 7) is 17.7. The van der Waals surface area contributed by atoms with Crippen LogP contribution in [-0.2, 0) is 27.2 Å². The van der Waals surface area contributed by atoms with Crippen LogP contribution in [0, 0.1) is 13.8 Å². The normalized spacial score (nSPS) is 11.3. The Balaban J connectivity index is 0. The van der Waals surface area contributed by atoms with Crippen LogP contribution in [0.15, 0.2) is 12.1 Å². The lowest BCUT2D eigenvalue weighted by Gasteiger charge is -2.14. The first-order valence-electron chi connectivity index (χ1n) is 16.5. The van der Waals surface area contributed by atoms with Gasteiger partial charge in [-0.25, -0.2) is 9.13 Å². The summed E-state index contributed by atoms with van der Waals surface area (Å²) in [6.07, 6.45) is 15.6. The Morgan fingerprint density at radius 3 is 1.05 bits per heavy atom. The summed E-state index contributed by atoms with van der Waals surface area (Å²) in [4.78, 5) is 17.3. The van der Waals surface area contributed by atoms with Crippen LogP contribution in [0.25, 0.3) is 0 Å². The second-order valence-corrected chi connectivity index (χ2v) is 13.1. The van der Waals surface area contributed by atoms with Gasteiger partial charge in [0.1, 0.15) is 11.5 Å². The zero-order valence-electron chi connectivity index (χ0n) is 28.9. The Bertz CT molecular complexity index is 806. The van der Waals surface area contributed by atoms with Crippen LogP contribution < -0.4 is 9.47 Å². The van der Waals surface area contributed by atoms with Crippen LogP contribution >= 0.6 is 15.6 Å². The number of benzene rings is 1. The number of aryl methyl sites for hydroxylation is 2. The fourth-order valence-electron chi connectivity index (χ4n) is 3.93. The van der Waals surface area contributed by atoms with E-state index in [0.717, 1.165) is 37.6 Å². The predicted molar refractivity (Wildman–Crippen MR) is 180 cm³/mol. The molecule has 44 heavy (non-hydrogen) atoms. The van der Waals surface area contributed by atoms with Crippen molar-refractivity contribution in [1.82, 2.24) is 0 Å². The molecule has 1 aromatic rings. The second kappa shape index (κ2) is 29.4. The molecular formula is C32H64O10P2. The van der Waals surface area contributed by atoms with Gasteiger partial charge < -0.3 is 19.3 Å². The van der Waals surface area contributed by atoms with Crippen molar-refractivity contribution in [3.63, 3.8) is 0 Å². The molecule has 0 heterocycles. The van der Waals surface area contributed by atoms with E-state index in [1.165, 1.54) is 75.3 Å². The first-order valence-corrected chi connectivity index (χ1v) is 19.5. The lowest BCUT2D eigenvalue weighted by molar-refractivity contribution is 0.160. The minimum Gasteiger partial charge on any atom is -0.493 e.